The summed E-state index contributed by atoms with van der Waals surface area (Å²) in [5, 5.41) is 29.1. The van der Waals surface area contributed by atoms with Gasteiger partial charge in [-0.05, 0) is 91.0 Å². The summed E-state index contributed by atoms with van der Waals surface area (Å²) >= 11 is 0. The smallest absolute Gasteiger partial charge is 0.251 e. The van der Waals surface area contributed by atoms with E-state index in [2.05, 4.69) is 51.2 Å². The summed E-state index contributed by atoms with van der Waals surface area (Å²) < 4.78 is 0. The average molecular weight is 614 g/mol. The van der Waals surface area contributed by atoms with Gasteiger partial charge in [-0.2, -0.15) is 5.26 Å². The summed E-state index contributed by atoms with van der Waals surface area (Å²) in [4.78, 5) is 37.8. The molecule has 2 fully saturated rings. The molecular formula is C34H43N7O4. The summed E-state index contributed by atoms with van der Waals surface area (Å²) in [7, 11) is 4.93. The number of amidine groups is 1. The summed E-state index contributed by atoms with van der Waals surface area (Å²) in [5.74, 6) is 0.593. The van der Waals surface area contributed by atoms with Crippen LogP contribution in [0.2, 0.25) is 0 Å². The minimum Gasteiger partial charge on any atom is -0.388 e. The number of piperidine rings is 1. The van der Waals surface area contributed by atoms with E-state index in [4.69, 9.17) is 4.84 Å². The van der Waals surface area contributed by atoms with Crippen LogP contribution in [0.1, 0.15) is 64.4 Å². The van der Waals surface area contributed by atoms with Crippen LogP contribution in [-0.2, 0) is 27.9 Å². The minimum atomic E-state index is -0.981. The zero-order chi connectivity index (χ0) is 32.3. The van der Waals surface area contributed by atoms with Crippen molar-refractivity contribution in [2.24, 2.45) is 10.9 Å². The molecule has 1 heterocycles. The monoisotopic (exact) mass is 613 g/mol. The highest BCUT2D eigenvalue weighted by atomic mass is 16.6. The molecule has 2 aliphatic carbocycles. The van der Waals surface area contributed by atoms with Crippen molar-refractivity contribution in [3.63, 3.8) is 0 Å². The van der Waals surface area contributed by atoms with Crippen molar-refractivity contribution in [2.45, 2.75) is 62.6 Å². The number of carbonyl (C=O) groups is 2. The highest BCUT2D eigenvalue weighted by Gasteiger charge is 2.54. The summed E-state index contributed by atoms with van der Waals surface area (Å²) in [6, 6.07) is 13.8. The second-order valence-corrected chi connectivity index (χ2v) is 12.1. The zero-order valence-corrected chi connectivity index (χ0v) is 26.4. The first kappa shape index (κ1) is 32.2. The van der Waals surface area contributed by atoms with E-state index in [0.717, 1.165) is 46.4 Å². The molecule has 5 atom stereocenters. The molecule has 4 unspecified atom stereocenters. The third-order valence-corrected chi connectivity index (χ3v) is 9.53. The first-order valence-corrected chi connectivity index (χ1v) is 15.5. The normalized spacial score (nSPS) is 23.9. The molecule has 238 valence electrons. The van der Waals surface area contributed by atoms with Crippen molar-refractivity contribution in [1.82, 2.24) is 26.3 Å². The van der Waals surface area contributed by atoms with Crippen molar-refractivity contribution < 1.29 is 19.5 Å². The number of aliphatic hydroxyl groups excluding tert-OH is 1. The molecule has 0 aromatic heterocycles. The Bertz CT molecular complexity index is 1550. The number of nitrogens with zero attached hydrogens (tertiary/aromatic N) is 3. The molecule has 0 radical (unpaired) electrons. The Morgan fingerprint density at radius 3 is 2.58 bits per heavy atom. The number of aliphatic imine (C=N–C) groups is 1. The fraction of sp³-hybridized carbons (Fsp3) is 0.471. The molecule has 45 heavy (non-hydrogen) atoms. The van der Waals surface area contributed by atoms with Gasteiger partial charge in [0.05, 0.1) is 25.1 Å². The fourth-order valence-electron chi connectivity index (χ4n) is 7.25. The Hall–Kier alpha value is -4.24. The van der Waals surface area contributed by atoms with Gasteiger partial charge in [-0.15, -0.1) is 0 Å². The van der Waals surface area contributed by atoms with Gasteiger partial charge in [0.1, 0.15) is 18.6 Å². The van der Waals surface area contributed by atoms with E-state index >= 15 is 0 Å². The molecule has 2 aromatic carbocycles. The van der Waals surface area contributed by atoms with Crippen LogP contribution < -0.4 is 21.4 Å². The van der Waals surface area contributed by atoms with Gasteiger partial charge in [-0.1, -0.05) is 24.8 Å². The number of carbonyl (C=O) groups excluding carboxylic acids is 2. The van der Waals surface area contributed by atoms with Crippen LogP contribution in [0.15, 0.2) is 48.0 Å². The zero-order valence-electron chi connectivity index (χ0n) is 26.4. The molecule has 2 aromatic rings. The fourth-order valence-corrected chi connectivity index (χ4v) is 7.25. The van der Waals surface area contributed by atoms with Gasteiger partial charge in [0.25, 0.3) is 5.91 Å². The third kappa shape index (κ3) is 6.06. The van der Waals surface area contributed by atoms with E-state index in [-0.39, 0.29) is 36.5 Å². The molecule has 1 saturated heterocycles. The molecular weight excluding hydrogens is 570 g/mol. The van der Waals surface area contributed by atoms with Gasteiger partial charge in [0.15, 0.2) is 0 Å². The molecule has 5 rings (SSSR count). The Labute approximate surface area is 264 Å². The maximum absolute atomic E-state index is 13.4. The minimum absolute atomic E-state index is 0.0730. The standard InChI is InChI=1S/C34H43N7O4/c1-20(38-18-31(43)41-27(17-35)13-26-15-30(26)41)16-34(33(39-19-42)40-45-5)28-11-10-25(32(44)37-4)12-24(28)9-7-22-6-8-23(14-29(22)34)21(2)36-3/h6,8,10-12,14,20,26-27,30,36,38,42H,2,7,9,13,15-16,18-19H2,1,3-5H3,(H,37,44)(H,39,40)/t20-,26?,27?,30?,34?/m1/s1. The lowest BCUT2D eigenvalue weighted by Gasteiger charge is -2.40. The number of amides is 2. The SMILES string of the molecule is C=C(NC)c1ccc2c(c1)C(C[C@@H](C)NCC(=O)N1C(C#N)CC3CC31)(/C(=N/CO)NOC)c1ccc(C(=O)NC)cc1CC2. The largest absolute Gasteiger partial charge is 0.388 e. The second kappa shape index (κ2) is 13.4. The molecule has 11 heteroatoms. The highest BCUT2D eigenvalue weighted by molar-refractivity contribution is 5.98. The van der Waals surface area contributed by atoms with E-state index in [1.54, 1.807) is 18.0 Å². The molecule has 0 bridgehead atoms. The maximum Gasteiger partial charge on any atom is 0.251 e. The van der Waals surface area contributed by atoms with Gasteiger partial charge < -0.3 is 26.0 Å². The van der Waals surface area contributed by atoms with E-state index in [1.807, 2.05) is 32.2 Å². The molecule has 2 amide bonds. The van der Waals surface area contributed by atoms with Crippen molar-refractivity contribution in [3.05, 3.63) is 76.4 Å². The van der Waals surface area contributed by atoms with Crippen LogP contribution in [0.5, 0.6) is 0 Å². The number of fused-ring (bicyclic) bond motifs is 3. The van der Waals surface area contributed by atoms with Crippen LogP contribution >= 0.6 is 0 Å². The number of hydrogen-bond acceptors (Lipinski definition) is 8. The number of hydrogen-bond donors (Lipinski definition) is 5. The Balaban J connectivity index is 1.62. The van der Waals surface area contributed by atoms with Crippen LogP contribution in [0.4, 0.5) is 0 Å². The van der Waals surface area contributed by atoms with Crippen molar-refractivity contribution >= 4 is 23.3 Å². The first-order valence-electron chi connectivity index (χ1n) is 15.5. The average Bonchev–Trinajstić information content (AvgIpc) is 3.75. The number of aliphatic hydroxyl groups is 1. The molecule has 5 N–H and O–H groups in total. The predicted octanol–water partition coefficient (Wildman–Crippen LogP) is 2.00. The lowest BCUT2D eigenvalue weighted by molar-refractivity contribution is -0.131. The molecule has 0 spiro atoms. The number of nitrogens with one attached hydrogen (secondary N) is 4. The summed E-state index contributed by atoms with van der Waals surface area (Å²) in [5.41, 5.74) is 8.15. The van der Waals surface area contributed by atoms with Gasteiger partial charge in [0, 0.05) is 37.4 Å². The number of benzene rings is 2. The third-order valence-electron chi connectivity index (χ3n) is 9.53. The second-order valence-electron chi connectivity index (χ2n) is 12.1. The van der Waals surface area contributed by atoms with Gasteiger partial charge >= 0.3 is 0 Å². The lowest BCUT2D eigenvalue weighted by atomic mass is 9.67. The van der Waals surface area contributed by atoms with Crippen molar-refractivity contribution in [1.29, 1.82) is 5.26 Å². The molecule has 11 nitrogen and oxygen atoms in total. The maximum atomic E-state index is 13.4. The summed E-state index contributed by atoms with van der Waals surface area (Å²) in [6.45, 7) is 5.82. The van der Waals surface area contributed by atoms with Crippen molar-refractivity contribution in [2.75, 3.05) is 34.5 Å². The topological polar surface area (TPSA) is 151 Å². The number of nitriles is 1. The Morgan fingerprint density at radius 1 is 1.13 bits per heavy atom. The lowest BCUT2D eigenvalue weighted by Crippen LogP contribution is -2.51. The van der Waals surface area contributed by atoms with Crippen LogP contribution in [0.3, 0.4) is 0 Å². The van der Waals surface area contributed by atoms with E-state index in [1.165, 1.54) is 7.11 Å². The summed E-state index contributed by atoms with van der Waals surface area (Å²) in [6.07, 6.45) is 3.53. The molecule has 3 aliphatic rings. The number of hydroxylamine groups is 1. The first-order chi connectivity index (χ1) is 21.7. The quantitative estimate of drug-likeness (QED) is 0.147. The number of likely N-dealkylation sites (tertiary alicyclic amines) is 1. The van der Waals surface area contributed by atoms with Gasteiger partial charge in [-0.25, -0.2) is 4.99 Å². The highest BCUT2D eigenvalue weighted by Crippen LogP contribution is 2.48. The number of rotatable bonds is 11. The van der Waals surface area contributed by atoms with Crippen LogP contribution in [0.25, 0.3) is 5.70 Å². The number of aryl methyl sites for hydroxylation is 2. The van der Waals surface area contributed by atoms with Crippen LogP contribution in [0, 0.1) is 17.2 Å². The van der Waals surface area contributed by atoms with E-state index < -0.39 is 12.1 Å². The van der Waals surface area contributed by atoms with Gasteiger partial charge in [-0.3, -0.25) is 19.9 Å². The van der Waals surface area contributed by atoms with Crippen molar-refractivity contribution in [3.8, 4) is 6.07 Å². The van der Waals surface area contributed by atoms with E-state index in [0.29, 0.717) is 36.6 Å². The van der Waals surface area contributed by atoms with Gasteiger partial charge in [0.2, 0.25) is 5.91 Å². The van der Waals surface area contributed by atoms with E-state index in [9.17, 15) is 20.0 Å². The Kier molecular flexibility index (Phi) is 9.58. The predicted molar refractivity (Wildman–Crippen MR) is 172 cm³/mol. The van der Waals surface area contributed by atoms with Crippen LogP contribution in [-0.4, -0.2) is 80.3 Å². The molecule has 1 aliphatic heterocycles. The Morgan fingerprint density at radius 2 is 1.89 bits per heavy atom. The molecule has 1 saturated carbocycles.